The van der Waals surface area contributed by atoms with Crippen LogP contribution in [0.1, 0.15) is 0 Å². The van der Waals surface area contributed by atoms with Crippen molar-refractivity contribution in [2.24, 2.45) is 0 Å². The second-order valence-corrected chi connectivity index (χ2v) is 54.7. The SMILES string of the molecule is s1[se][se][se][se][se][se]1. The molecule has 42 valence electrons. The van der Waals surface area contributed by atoms with Crippen molar-refractivity contribution < 1.29 is 0 Å². The minimum absolute atomic E-state index is 1.10. The van der Waals surface area contributed by atoms with Gasteiger partial charge in [-0.3, -0.25) is 0 Å². The maximum absolute atomic E-state index is 2.33. The van der Waals surface area contributed by atoms with Gasteiger partial charge < -0.3 is 0 Å². The Hall–Kier alpha value is 3.34. The molecule has 0 saturated heterocycles. The number of hydrogen-bond acceptors (Lipinski definition) is 1. The number of rotatable bonds is 0. The van der Waals surface area contributed by atoms with E-state index in [0.29, 0.717) is 0 Å². The molecule has 0 aliphatic carbocycles. The molecular formula is SSe6. The van der Waals surface area contributed by atoms with Crippen molar-refractivity contribution in [3.8, 4) is 0 Å². The second-order valence-electron chi connectivity index (χ2n) is 0.476. The Bertz CT molecular complexity index is 92.2. The monoisotopic (exact) mass is 511 g/mol. The Morgan fingerprint density at radius 3 is 1.86 bits per heavy atom. The van der Waals surface area contributed by atoms with Crippen molar-refractivity contribution in [2.45, 2.75) is 0 Å². The first-order valence-corrected chi connectivity index (χ1v) is 27.7. The van der Waals surface area contributed by atoms with E-state index in [1.54, 1.807) is 0 Å². The third-order valence-corrected chi connectivity index (χ3v) is 108. The van der Waals surface area contributed by atoms with Crippen LogP contribution >= 0.6 is 8.10 Å². The molecule has 0 bridgehead atoms. The van der Waals surface area contributed by atoms with Crippen molar-refractivity contribution >= 4 is 74.1 Å². The van der Waals surface area contributed by atoms with E-state index >= 15 is 0 Å². The summed E-state index contributed by atoms with van der Waals surface area (Å²) in [4.78, 5) is 0. The van der Waals surface area contributed by atoms with Crippen LogP contribution in [-0.2, 0) is 0 Å². The molecule has 1 rings (SSSR count). The first-order valence-electron chi connectivity index (χ1n) is 1.17. The molecule has 0 radical (unpaired) electrons. The Kier molecular flexibility index (Phi) is 7.32. The molecule has 7 heavy (non-hydrogen) atoms. The Balaban J connectivity index is 3.06. The molecule has 0 aromatic carbocycles. The summed E-state index contributed by atoms with van der Waals surface area (Å²) >= 11 is 2.21. The molecule has 1 aromatic rings. The van der Waals surface area contributed by atoms with Gasteiger partial charge in [-0.1, -0.05) is 0 Å². The minimum atomic E-state index is 1.10. The Morgan fingerprint density at radius 1 is 0.714 bits per heavy atom. The average Bonchev–Trinajstić information content (AvgIpc) is 1.90. The fourth-order valence-corrected chi connectivity index (χ4v) is 210. The van der Waals surface area contributed by atoms with Crippen LogP contribution in [0.25, 0.3) is 0 Å². The van der Waals surface area contributed by atoms with E-state index in [2.05, 4.69) is 8.10 Å². The van der Waals surface area contributed by atoms with Gasteiger partial charge in [-0.15, -0.1) is 0 Å². The molecule has 0 fully saturated rings. The van der Waals surface area contributed by atoms with E-state index in [4.69, 9.17) is 0 Å². The summed E-state index contributed by atoms with van der Waals surface area (Å²) in [7, 11) is 7.12. The van der Waals surface area contributed by atoms with Gasteiger partial charge in [0.25, 0.3) is 0 Å². The number of hydrogen-bond donors (Lipinski definition) is 0. The van der Waals surface area contributed by atoms with Crippen LogP contribution in [0, 0.1) is 0 Å². The molecule has 0 saturated carbocycles. The Labute approximate surface area is 72.3 Å². The first-order chi connectivity index (χ1) is 3.50. The van der Waals surface area contributed by atoms with Crippen LogP contribution in [-0.4, -0.2) is 66.0 Å². The quantitative estimate of drug-likeness (QED) is 0.371. The van der Waals surface area contributed by atoms with Gasteiger partial charge in [0.1, 0.15) is 0 Å². The molecule has 0 atom stereocenters. The summed E-state index contributed by atoms with van der Waals surface area (Å²) in [6.45, 7) is 0. The molecule has 0 amide bonds. The third-order valence-electron chi connectivity index (χ3n) is 0.194. The van der Waals surface area contributed by atoms with E-state index in [-0.39, 0.29) is 0 Å². The predicted molar refractivity (Wildman–Crippen MR) is 41.2 cm³/mol. The van der Waals surface area contributed by atoms with Gasteiger partial charge >= 0.3 is 74.1 Å². The molecule has 0 N–H and O–H groups in total. The fraction of sp³-hybridized carbons (Fsp3) is 0. The van der Waals surface area contributed by atoms with Crippen LogP contribution in [0.15, 0.2) is 0 Å². The van der Waals surface area contributed by atoms with Gasteiger partial charge in [0, 0.05) is 0 Å². The topological polar surface area (TPSA) is 0 Å². The normalized spacial score (nSPS) is 8.00. The first kappa shape index (κ1) is 8.43. The van der Waals surface area contributed by atoms with E-state index < -0.39 is 0 Å². The van der Waals surface area contributed by atoms with Crippen LogP contribution in [0.4, 0.5) is 0 Å². The zero-order valence-corrected chi connectivity index (χ0v) is 14.0. The van der Waals surface area contributed by atoms with Crippen LogP contribution in [0.5, 0.6) is 0 Å². The van der Waals surface area contributed by atoms with Crippen LogP contribution < -0.4 is 0 Å². The summed E-state index contributed by atoms with van der Waals surface area (Å²) < 4.78 is 0. The standard InChI is InChI=1S/SSe6/c1-2-4-6-7-5-3-1. The van der Waals surface area contributed by atoms with Gasteiger partial charge in [0.15, 0.2) is 0 Å². The third kappa shape index (κ3) is 4.70. The molecule has 7 heteroatoms. The fourth-order valence-electron chi connectivity index (χ4n) is 0.0794. The summed E-state index contributed by atoms with van der Waals surface area (Å²) in [5.74, 6) is 0. The van der Waals surface area contributed by atoms with Crippen LogP contribution in [0.3, 0.4) is 0 Å². The predicted octanol–water partition coefficient (Wildman–Crippen LogP) is -1.66. The van der Waals surface area contributed by atoms with E-state index in [1.165, 1.54) is 43.1 Å². The molecule has 0 nitrogen and oxygen atoms in total. The van der Waals surface area contributed by atoms with Gasteiger partial charge in [0.2, 0.25) is 0 Å². The molecule has 0 unspecified atom stereocenters. The molecule has 1 aromatic heterocycles. The molecular weight excluding hydrogens is 506 g/mol. The zero-order chi connectivity index (χ0) is 4.95. The van der Waals surface area contributed by atoms with E-state index in [9.17, 15) is 0 Å². The van der Waals surface area contributed by atoms with Crippen molar-refractivity contribution in [1.29, 1.82) is 0 Å². The molecule has 1 heterocycles. The summed E-state index contributed by atoms with van der Waals surface area (Å²) in [6, 6.07) is 0. The molecule has 0 aliphatic rings. The molecule has 0 spiro atoms. The summed E-state index contributed by atoms with van der Waals surface area (Å²) in [6.07, 6.45) is 0. The van der Waals surface area contributed by atoms with Crippen molar-refractivity contribution in [3.05, 3.63) is 0 Å². The van der Waals surface area contributed by atoms with Gasteiger partial charge in [-0.25, -0.2) is 0 Å². The van der Waals surface area contributed by atoms with Crippen molar-refractivity contribution in [2.75, 3.05) is 0 Å². The van der Waals surface area contributed by atoms with Gasteiger partial charge in [-0.05, 0) is 0 Å². The van der Waals surface area contributed by atoms with E-state index in [1.807, 2.05) is 0 Å². The van der Waals surface area contributed by atoms with Crippen LogP contribution in [0.2, 0.25) is 0 Å². The van der Waals surface area contributed by atoms with Gasteiger partial charge in [-0.2, -0.15) is 0 Å². The summed E-state index contributed by atoms with van der Waals surface area (Å²) in [5.41, 5.74) is 0. The summed E-state index contributed by atoms with van der Waals surface area (Å²) in [5, 5.41) is 0. The van der Waals surface area contributed by atoms with Crippen molar-refractivity contribution in [1.82, 2.24) is 0 Å². The maximum atomic E-state index is 2.33. The van der Waals surface area contributed by atoms with Gasteiger partial charge in [0.05, 0.1) is 0 Å². The Morgan fingerprint density at radius 2 is 1.29 bits per heavy atom. The zero-order valence-electron chi connectivity index (χ0n) is 2.86. The molecule has 0 aliphatic heterocycles. The van der Waals surface area contributed by atoms with Crippen molar-refractivity contribution in [3.63, 3.8) is 0 Å². The average molecular weight is 506 g/mol. The van der Waals surface area contributed by atoms with E-state index in [0.717, 1.165) is 23.0 Å². The second kappa shape index (κ2) is 6.07.